The van der Waals surface area contributed by atoms with Crippen LogP contribution < -0.4 is 0 Å². The highest BCUT2D eigenvalue weighted by molar-refractivity contribution is 7.89. The first-order valence-corrected chi connectivity index (χ1v) is 10.5. The number of amides is 1. The van der Waals surface area contributed by atoms with E-state index in [0.717, 1.165) is 5.56 Å². The third-order valence-electron chi connectivity index (χ3n) is 4.57. The molecule has 0 aliphatic carbocycles. The highest BCUT2D eigenvalue weighted by Gasteiger charge is 2.25. The number of rotatable bonds is 7. The first-order valence-electron chi connectivity index (χ1n) is 9.07. The van der Waals surface area contributed by atoms with Gasteiger partial charge in [-0.2, -0.15) is 4.31 Å². The monoisotopic (exact) mass is 388 g/mol. The summed E-state index contributed by atoms with van der Waals surface area (Å²) in [6.07, 6.45) is 0. The minimum atomic E-state index is -3.64. The van der Waals surface area contributed by atoms with Gasteiger partial charge in [-0.15, -0.1) is 0 Å². The third kappa shape index (κ3) is 4.96. The molecule has 0 atom stereocenters. The van der Waals surface area contributed by atoms with E-state index >= 15 is 0 Å². The second-order valence-electron chi connectivity index (χ2n) is 7.16. The highest BCUT2D eigenvalue weighted by atomic mass is 32.2. The molecule has 0 saturated carbocycles. The molecule has 0 unspecified atom stereocenters. The Balaban J connectivity index is 2.35. The van der Waals surface area contributed by atoms with E-state index in [2.05, 4.69) is 0 Å². The van der Waals surface area contributed by atoms with E-state index in [0.29, 0.717) is 12.1 Å². The molecule has 0 spiro atoms. The van der Waals surface area contributed by atoms with Crippen LogP contribution in [-0.2, 0) is 16.6 Å². The maximum atomic E-state index is 13.1. The molecule has 2 aromatic carbocycles. The minimum absolute atomic E-state index is 0.0173. The minimum Gasteiger partial charge on any atom is -0.332 e. The van der Waals surface area contributed by atoms with Crippen molar-refractivity contribution in [3.63, 3.8) is 0 Å². The van der Waals surface area contributed by atoms with Crippen LogP contribution >= 0.6 is 0 Å². The van der Waals surface area contributed by atoms with Gasteiger partial charge in [-0.1, -0.05) is 36.4 Å². The second-order valence-corrected chi connectivity index (χ2v) is 9.15. The zero-order chi connectivity index (χ0) is 20.2. The van der Waals surface area contributed by atoms with E-state index in [1.54, 1.807) is 24.1 Å². The number of carbonyl (C=O) groups excluding carboxylic acids is 1. The summed E-state index contributed by atoms with van der Waals surface area (Å²) in [5.41, 5.74) is 1.40. The SMILES string of the molecule is CC(C)N(Cc1ccccc1)C(=O)c1cccc(S(=O)(=O)N(C)C(C)C)c1. The molecule has 0 bridgehead atoms. The van der Waals surface area contributed by atoms with Gasteiger partial charge in [-0.25, -0.2) is 8.42 Å². The molecular formula is C21H28N2O3S. The highest BCUT2D eigenvalue weighted by Crippen LogP contribution is 2.20. The Hall–Kier alpha value is -2.18. The molecule has 0 saturated heterocycles. The summed E-state index contributed by atoms with van der Waals surface area (Å²) in [6, 6.07) is 15.9. The molecule has 0 N–H and O–H groups in total. The van der Waals surface area contributed by atoms with Gasteiger partial charge in [0.25, 0.3) is 5.91 Å². The number of sulfonamides is 1. The van der Waals surface area contributed by atoms with Crippen LogP contribution in [0.15, 0.2) is 59.5 Å². The van der Waals surface area contributed by atoms with Crippen LogP contribution in [0.4, 0.5) is 0 Å². The third-order valence-corrected chi connectivity index (χ3v) is 6.59. The van der Waals surface area contributed by atoms with Gasteiger partial charge in [0.15, 0.2) is 0 Å². The van der Waals surface area contributed by atoms with Gasteiger partial charge in [0.05, 0.1) is 4.90 Å². The number of hydrogen-bond acceptors (Lipinski definition) is 3. The summed E-state index contributed by atoms with van der Waals surface area (Å²) >= 11 is 0. The lowest BCUT2D eigenvalue weighted by atomic mass is 10.1. The molecule has 5 nitrogen and oxygen atoms in total. The Morgan fingerprint density at radius 3 is 2.11 bits per heavy atom. The van der Waals surface area contributed by atoms with E-state index in [1.807, 2.05) is 58.0 Å². The van der Waals surface area contributed by atoms with E-state index in [1.165, 1.54) is 16.4 Å². The summed E-state index contributed by atoms with van der Waals surface area (Å²) in [5, 5.41) is 0. The van der Waals surface area contributed by atoms with Crippen molar-refractivity contribution >= 4 is 15.9 Å². The number of nitrogens with zero attached hydrogens (tertiary/aromatic N) is 2. The lowest BCUT2D eigenvalue weighted by molar-refractivity contribution is 0.0690. The fourth-order valence-electron chi connectivity index (χ4n) is 2.67. The Labute approximate surface area is 162 Å². The van der Waals surface area contributed by atoms with Crippen molar-refractivity contribution in [1.29, 1.82) is 0 Å². The molecule has 0 radical (unpaired) electrons. The van der Waals surface area contributed by atoms with Gasteiger partial charge in [-0.3, -0.25) is 4.79 Å². The largest absolute Gasteiger partial charge is 0.332 e. The van der Waals surface area contributed by atoms with Crippen LogP contribution in [0.2, 0.25) is 0 Å². The molecule has 0 fully saturated rings. The van der Waals surface area contributed by atoms with E-state index in [4.69, 9.17) is 0 Å². The predicted octanol–water partition coefficient (Wildman–Crippen LogP) is 3.77. The molecule has 27 heavy (non-hydrogen) atoms. The van der Waals surface area contributed by atoms with Crippen LogP contribution in [0.25, 0.3) is 0 Å². The Morgan fingerprint density at radius 2 is 1.56 bits per heavy atom. The topological polar surface area (TPSA) is 57.7 Å². The van der Waals surface area contributed by atoms with Crippen molar-refractivity contribution in [1.82, 2.24) is 9.21 Å². The molecule has 0 aliphatic heterocycles. The average Bonchev–Trinajstić information content (AvgIpc) is 2.65. The summed E-state index contributed by atoms with van der Waals surface area (Å²) in [4.78, 5) is 15.0. The molecule has 0 aromatic heterocycles. The van der Waals surface area contributed by atoms with Crippen molar-refractivity contribution < 1.29 is 13.2 Å². The van der Waals surface area contributed by atoms with E-state index in [-0.39, 0.29) is 22.9 Å². The van der Waals surface area contributed by atoms with Crippen molar-refractivity contribution in [2.24, 2.45) is 0 Å². The van der Waals surface area contributed by atoms with Crippen molar-refractivity contribution in [2.75, 3.05) is 7.05 Å². The van der Waals surface area contributed by atoms with Gasteiger partial charge in [0, 0.05) is 31.2 Å². The zero-order valence-electron chi connectivity index (χ0n) is 16.6. The first-order chi connectivity index (χ1) is 12.6. The number of carbonyl (C=O) groups is 1. The zero-order valence-corrected chi connectivity index (χ0v) is 17.4. The standard InChI is InChI=1S/C21H28N2O3S/c1-16(2)22(5)27(25,26)20-13-9-12-19(14-20)21(24)23(17(3)4)15-18-10-7-6-8-11-18/h6-14,16-17H,15H2,1-5H3. The maximum absolute atomic E-state index is 13.1. The maximum Gasteiger partial charge on any atom is 0.254 e. The van der Waals surface area contributed by atoms with Crippen molar-refractivity contribution in [2.45, 2.75) is 51.2 Å². The van der Waals surface area contributed by atoms with Crippen LogP contribution in [0, 0.1) is 0 Å². The second kappa shape index (κ2) is 8.67. The smallest absolute Gasteiger partial charge is 0.254 e. The Kier molecular flexibility index (Phi) is 6.78. The molecule has 146 valence electrons. The van der Waals surface area contributed by atoms with Gasteiger partial charge >= 0.3 is 0 Å². The average molecular weight is 389 g/mol. The molecule has 2 rings (SSSR count). The van der Waals surface area contributed by atoms with Crippen LogP contribution in [-0.4, -0.2) is 42.7 Å². The summed E-state index contributed by atoms with van der Waals surface area (Å²) in [5.74, 6) is -0.182. The molecule has 0 heterocycles. The molecule has 0 aliphatic rings. The molecular weight excluding hydrogens is 360 g/mol. The summed E-state index contributed by atoms with van der Waals surface area (Å²) < 4.78 is 26.8. The Bertz CT molecular complexity index is 877. The quantitative estimate of drug-likeness (QED) is 0.725. The van der Waals surface area contributed by atoms with Gasteiger partial charge in [-0.05, 0) is 51.5 Å². The number of hydrogen-bond donors (Lipinski definition) is 0. The van der Waals surface area contributed by atoms with E-state index < -0.39 is 10.0 Å². The fraction of sp³-hybridized carbons (Fsp3) is 0.381. The molecule has 6 heteroatoms. The lowest BCUT2D eigenvalue weighted by Crippen LogP contribution is -2.37. The van der Waals surface area contributed by atoms with Crippen LogP contribution in [0.1, 0.15) is 43.6 Å². The molecule has 2 aromatic rings. The van der Waals surface area contributed by atoms with Gasteiger partial charge in [0.2, 0.25) is 10.0 Å². The predicted molar refractivity (Wildman–Crippen MR) is 108 cm³/mol. The van der Waals surface area contributed by atoms with Gasteiger partial charge < -0.3 is 4.90 Å². The normalized spacial score (nSPS) is 12.0. The van der Waals surface area contributed by atoms with E-state index in [9.17, 15) is 13.2 Å². The Morgan fingerprint density at radius 1 is 0.926 bits per heavy atom. The van der Waals surface area contributed by atoms with Crippen LogP contribution in [0.5, 0.6) is 0 Å². The van der Waals surface area contributed by atoms with Gasteiger partial charge in [0.1, 0.15) is 0 Å². The summed E-state index contributed by atoms with van der Waals surface area (Å²) in [7, 11) is -2.09. The first kappa shape index (κ1) is 21.1. The fourth-order valence-corrected chi connectivity index (χ4v) is 4.08. The summed E-state index contributed by atoms with van der Waals surface area (Å²) in [6.45, 7) is 8.00. The lowest BCUT2D eigenvalue weighted by Gasteiger charge is -2.27. The van der Waals surface area contributed by atoms with Crippen LogP contribution in [0.3, 0.4) is 0 Å². The number of benzene rings is 2. The van der Waals surface area contributed by atoms with Crippen molar-refractivity contribution in [3.05, 3.63) is 65.7 Å². The van der Waals surface area contributed by atoms with Crippen molar-refractivity contribution in [3.8, 4) is 0 Å². The molecule has 1 amide bonds.